The van der Waals surface area contributed by atoms with Gasteiger partial charge in [-0.3, -0.25) is 14.3 Å². The lowest BCUT2D eigenvalue weighted by atomic mass is 10.1. The van der Waals surface area contributed by atoms with Crippen molar-refractivity contribution in [3.63, 3.8) is 0 Å². The molecule has 1 N–H and O–H groups in total. The molecule has 1 aliphatic heterocycles. The van der Waals surface area contributed by atoms with Gasteiger partial charge in [-0.1, -0.05) is 13.8 Å². The standard InChI is InChI=1S/C16H25N3O4/c1-11(2)14-9-13(17-18(14)3)16(22)19(7-6-15(20)21)10-12-5-4-8-23-12/h9,11-12H,4-8,10H2,1-3H3,(H,20,21)/t12-/m0/s1. The average molecular weight is 323 g/mol. The van der Waals surface area contributed by atoms with Gasteiger partial charge in [0, 0.05) is 32.4 Å². The minimum atomic E-state index is -0.918. The largest absolute Gasteiger partial charge is 0.481 e. The number of carboxylic acid groups (broad SMARTS) is 1. The van der Waals surface area contributed by atoms with E-state index in [4.69, 9.17) is 9.84 Å². The van der Waals surface area contributed by atoms with E-state index in [-0.39, 0.29) is 30.9 Å². The van der Waals surface area contributed by atoms with E-state index in [0.717, 1.165) is 18.5 Å². The Morgan fingerprint density at radius 1 is 1.52 bits per heavy atom. The molecule has 1 aliphatic rings. The average Bonchev–Trinajstić information content (AvgIpc) is 3.11. The summed E-state index contributed by atoms with van der Waals surface area (Å²) in [5, 5.41) is 13.2. The van der Waals surface area contributed by atoms with Gasteiger partial charge >= 0.3 is 5.97 Å². The number of hydrogen-bond acceptors (Lipinski definition) is 4. The van der Waals surface area contributed by atoms with E-state index in [9.17, 15) is 9.59 Å². The molecular weight excluding hydrogens is 298 g/mol. The molecule has 1 fully saturated rings. The van der Waals surface area contributed by atoms with Gasteiger partial charge in [0.15, 0.2) is 5.69 Å². The van der Waals surface area contributed by atoms with Gasteiger partial charge in [-0.25, -0.2) is 0 Å². The third-order valence-corrected chi connectivity index (χ3v) is 4.06. The first-order valence-corrected chi connectivity index (χ1v) is 8.05. The Morgan fingerprint density at radius 3 is 2.78 bits per heavy atom. The fourth-order valence-electron chi connectivity index (χ4n) is 2.83. The van der Waals surface area contributed by atoms with Crippen LogP contribution in [0.25, 0.3) is 0 Å². The molecule has 2 rings (SSSR count). The quantitative estimate of drug-likeness (QED) is 0.824. The molecule has 1 aromatic rings. The molecular formula is C16H25N3O4. The molecule has 128 valence electrons. The van der Waals surface area contributed by atoms with Crippen LogP contribution in [0.4, 0.5) is 0 Å². The monoisotopic (exact) mass is 323 g/mol. The Kier molecular flexibility index (Phi) is 5.76. The maximum absolute atomic E-state index is 12.7. The molecule has 0 aliphatic carbocycles. The predicted molar refractivity (Wildman–Crippen MR) is 84.4 cm³/mol. The van der Waals surface area contributed by atoms with Crippen molar-refractivity contribution in [1.29, 1.82) is 0 Å². The fourth-order valence-corrected chi connectivity index (χ4v) is 2.83. The van der Waals surface area contributed by atoms with Crippen molar-refractivity contribution in [2.24, 2.45) is 7.05 Å². The van der Waals surface area contributed by atoms with Crippen molar-refractivity contribution in [2.45, 2.75) is 45.1 Å². The maximum atomic E-state index is 12.7. The van der Waals surface area contributed by atoms with Crippen LogP contribution in [0.5, 0.6) is 0 Å². The van der Waals surface area contributed by atoms with E-state index in [1.54, 1.807) is 15.6 Å². The maximum Gasteiger partial charge on any atom is 0.305 e. The zero-order valence-corrected chi connectivity index (χ0v) is 14.0. The summed E-state index contributed by atoms with van der Waals surface area (Å²) in [5.74, 6) is -0.886. The van der Waals surface area contributed by atoms with Gasteiger partial charge in [0.1, 0.15) is 0 Å². The highest BCUT2D eigenvalue weighted by Crippen LogP contribution is 2.18. The Labute approximate surface area is 136 Å². The zero-order chi connectivity index (χ0) is 17.0. The van der Waals surface area contributed by atoms with E-state index in [0.29, 0.717) is 18.8 Å². The molecule has 1 atom stereocenters. The van der Waals surface area contributed by atoms with Crippen molar-refractivity contribution in [1.82, 2.24) is 14.7 Å². The number of amides is 1. The van der Waals surface area contributed by atoms with Gasteiger partial charge in [0.25, 0.3) is 5.91 Å². The van der Waals surface area contributed by atoms with Gasteiger partial charge < -0.3 is 14.7 Å². The molecule has 0 aromatic carbocycles. The van der Waals surface area contributed by atoms with Crippen LogP contribution in [0.2, 0.25) is 0 Å². The Balaban J connectivity index is 2.13. The van der Waals surface area contributed by atoms with Gasteiger partial charge in [-0.15, -0.1) is 0 Å². The topological polar surface area (TPSA) is 84.7 Å². The molecule has 0 bridgehead atoms. The van der Waals surface area contributed by atoms with Crippen LogP contribution >= 0.6 is 0 Å². The van der Waals surface area contributed by atoms with Crippen LogP contribution in [0, 0.1) is 0 Å². The number of aryl methyl sites for hydroxylation is 1. The SMILES string of the molecule is CC(C)c1cc(C(=O)N(CCC(=O)O)C[C@@H]2CCCO2)nn1C. The number of aromatic nitrogens is 2. The second-order valence-electron chi connectivity index (χ2n) is 6.26. The Bertz CT molecular complexity index is 562. The fraction of sp³-hybridized carbons (Fsp3) is 0.688. The van der Waals surface area contributed by atoms with Gasteiger partial charge in [-0.2, -0.15) is 5.10 Å². The minimum absolute atomic E-state index is 0.0129. The summed E-state index contributed by atoms with van der Waals surface area (Å²) in [7, 11) is 1.81. The number of hydrogen-bond donors (Lipinski definition) is 1. The molecule has 7 heteroatoms. The summed E-state index contributed by atoms with van der Waals surface area (Å²) >= 11 is 0. The molecule has 1 saturated heterocycles. The molecule has 2 heterocycles. The van der Waals surface area contributed by atoms with Gasteiger partial charge in [0.2, 0.25) is 0 Å². The Hall–Kier alpha value is -1.89. The molecule has 7 nitrogen and oxygen atoms in total. The molecule has 0 saturated carbocycles. The van der Waals surface area contributed by atoms with Crippen LogP contribution in [0.3, 0.4) is 0 Å². The van der Waals surface area contributed by atoms with Crippen LogP contribution < -0.4 is 0 Å². The second kappa shape index (κ2) is 7.59. The predicted octanol–water partition coefficient (Wildman–Crippen LogP) is 1.64. The summed E-state index contributed by atoms with van der Waals surface area (Å²) in [5.41, 5.74) is 1.34. The number of carbonyl (C=O) groups is 2. The first-order valence-electron chi connectivity index (χ1n) is 8.05. The highest BCUT2D eigenvalue weighted by atomic mass is 16.5. The van der Waals surface area contributed by atoms with Crippen molar-refractivity contribution in [3.8, 4) is 0 Å². The number of nitrogens with zero attached hydrogens (tertiary/aromatic N) is 3. The first-order chi connectivity index (χ1) is 10.9. The first kappa shape index (κ1) is 17.5. The highest BCUT2D eigenvalue weighted by molar-refractivity contribution is 5.92. The van der Waals surface area contributed by atoms with Crippen molar-refractivity contribution >= 4 is 11.9 Å². The number of carbonyl (C=O) groups excluding carboxylic acids is 1. The van der Waals surface area contributed by atoms with Crippen molar-refractivity contribution in [2.75, 3.05) is 19.7 Å². The summed E-state index contributed by atoms with van der Waals surface area (Å²) in [6.45, 7) is 5.37. The molecule has 1 amide bonds. The van der Waals surface area contributed by atoms with Gasteiger partial charge in [-0.05, 0) is 24.8 Å². The molecule has 23 heavy (non-hydrogen) atoms. The summed E-state index contributed by atoms with van der Waals surface area (Å²) < 4.78 is 7.28. The van der Waals surface area contributed by atoms with Crippen molar-refractivity contribution in [3.05, 3.63) is 17.5 Å². The van der Waals surface area contributed by atoms with Gasteiger partial charge in [0.05, 0.1) is 12.5 Å². The van der Waals surface area contributed by atoms with E-state index in [1.807, 2.05) is 20.9 Å². The summed E-state index contributed by atoms with van der Waals surface area (Å²) in [4.78, 5) is 25.1. The van der Waals surface area contributed by atoms with Crippen LogP contribution in [0.15, 0.2) is 6.07 Å². The molecule has 0 radical (unpaired) electrons. The molecule has 0 spiro atoms. The third kappa shape index (κ3) is 4.54. The van der Waals surface area contributed by atoms with E-state index >= 15 is 0 Å². The Morgan fingerprint density at radius 2 is 2.26 bits per heavy atom. The molecule has 0 unspecified atom stereocenters. The lowest BCUT2D eigenvalue weighted by Gasteiger charge is -2.24. The smallest absolute Gasteiger partial charge is 0.305 e. The van der Waals surface area contributed by atoms with Crippen LogP contribution in [0.1, 0.15) is 55.2 Å². The van der Waals surface area contributed by atoms with Crippen LogP contribution in [-0.4, -0.2) is 57.5 Å². The highest BCUT2D eigenvalue weighted by Gasteiger charge is 2.26. The minimum Gasteiger partial charge on any atom is -0.481 e. The summed E-state index contributed by atoms with van der Waals surface area (Å²) in [6.07, 6.45) is 1.78. The second-order valence-corrected chi connectivity index (χ2v) is 6.26. The lowest BCUT2D eigenvalue weighted by Crippen LogP contribution is -2.39. The van der Waals surface area contributed by atoms with Crippen LogP contribution in [-0.2, 0) is 16.6 Å². The third-order valence-electron chi connectivity index (χ3n) is 4.06. The molecule has 1 aromatic heterocycles. The van der Waals surface area contributed by atoms with E-state index < -0.39 is 5.97 Å². The summed E-state index contributed by atoms with van der Waals surface area (Å²) in [6, 6.07) is 1.79. The van der Waals surface area contributed by atoms with E-state index in [2.05, 4.69) is 5.10 Å². The van der Waals surface area contributed by atoms with Crippen molar-refractivity contribution < 1.29 is 19.4 Å². The zero-order valence-electron chi connectivity index (χ0n) is 14.0. The lowest BCUT2D eigenvalue weighted by molar-refractivity contribution is -0.137. The van der Waals surface area contributed by atoms with E-state index in [1.165, 1.54) is 0 Å². The number of aliphatic carboxylic acids is 1. The number of rotatable bonds is 7. The number of ether oxygens (including phenoxy) is 1. The number of carboxylic acids is 1. The normalized spacial score (nSPS) is 17.7.